The molecule has 1 atom stereocenters. The Morgan fingerprint density at radius 3 is 2.53 bits per heavy atom. The molecule has 0 bridgehead atoms. The molecule has 188 valence electrons. The summed E-state index contributed by atoms with van der Waals surface area (Å²) in [5, 5.41) is 16.8. The second-order valence-corrected chi connectivity index (χ2v) is 8.73. The Morgan fingerprint density at radius 2 is 1.81 bits per heavy atom. The highest BCUT2D eigenvalue weighted by molar-refractivity contribution is 5.98. The minimum absolute atomic E-state index is 0. The molecule has 0 aliphatic heterocycles. The number of rotatable bonds is 10. The second-order valence-electron chi connectivity index (χ2n) is 8.73. The zero-order chi connectivity index (χ0) is 25.5. The van der Waals surface area contributed by atoms with Gasteiger partial charge in [-0.3, -0.25) is 9.59 Å². The van der Waals surface area contributed by atoms with E-state index in [1.165, 1.54) is 6.92 Å². The van der Waals surface area contributed by atoms with Gasteiger partial charge in [0.1, 0.15) is 5.75 Å². The van der Waals surface area contributed by atoms with Crippen LogP contribution in [0.4, 0.5) is 5.69 Å². The van der Waals surface area contributed by atoms with Crippen LogP contribution in [0.15, 0.2) is 72.9 Å². The number of benzene rings is 3. The zero-order valence-corrected chi connectivity index (χ0v) is 20.5. The molecule has 0 unspecified atom stereocenters. The Morgan fingerprint density at radius 1 is 1.06 bits per heavy atom. The molecule has 0 radical (unpaired) electrons. The quantitative estimate of drug-likeness (QED) is 0.248. The van der Waals surface area contributed by atoms with Gasteiger partial charge in [0.25, 0.3) is 5.91 Å². The number of carbonyl (C=O) groups excluding carboxylic acids is 2. The summed E-state index contributed by atoms with van der Waals surface area (Å²) in [6, 6.07) is 20.4. The minimum Gasteiger partial charge on any atom is -0.493 e. The highest BCUT2D eigenvalue weighted by Gasteiger charge is 2.19. The van der Waals surface area contributed by atoms with Gasteiger partial charge in [0.2, 0.25) is 5.91 Å². The molecule has 36 heavy (non-hydrogen) atoms. The number of ether oxygens (including phenoxy) is 1. The predicted molar refractivity (Wildman–Crippen MR) is 144 cm³/mol. The molecule has 0 spiro atoms. The van der Waals surface area contributed by atoms with E-state index in [0.29, 0.717) is 30.0 Å². The smallest absolute Gasteiger partial charge is 0.255 e. The Bertz CT molecular complexity index is 1350. The van der Waals surface area contributed by atoms with Gasteiger partial charge in [-0.25, -0.2) is 0 Å². The van der Waals surface area contributed by atoms with Crippen molar-refractivity contribution in [2.45, 2.75) is 32.7 Å². The minimum atomic E-state index is -0.462. The standard InChI is InChI=1S/C29H31N3O4.H2/c1-3-14-36-28-13-10-21(20-8-11-23(12-9-20)31-19(2)34)16-26(28)29(35)32-24(18-33)15-22-17-30-27-7-5-4-6-25(22)27;/h4-13,16-17,24,30,33H,3,14-15,18H2,1-2H3,(H,31,34)(H,32,35);1H/t24-;/m0./s1. The van der Waals surface area contributed by atoms with Crippen LogP contribution in [-0.2, 0) is 11.2 Å². The molecule has 2 amide bonds. The van der Waals surface area contributed by atoms with E-state index in [1.807, 2.05) is 67.7 Å². The van der Waals surface area contributed by atoms with Crippen LogP contribution in [0.3, 0.4) is 0 Å². The fourth-order valence-corrected chi connectivity index (χ4v) is 4.16. The number of aromatic amines is 1. The van der Waals surface area contributed by atoms with Crippen molar-refractivity contribution >= 4 is 28.4 Å². The van der Waals surface area contributed by atoms with Crippen LogP contribution in [0.2, 0.25) is 0 Å². The third kappa shape index (κ3) is 5.93. The number of nitrogens with one attached hydrogen (secondary N) is 3. The Hall–Kier alpha value is -4.10. The number of fused-ring (bicyclic) bond motifs is 1. The van der Waals surface area contributed by atoms with Crippen molar-refractivity contribution in [3.8, 4) is 16.9 Å². The maximum atomic E-state index is 13.4. The molecule has 0 fully saturated rings. The molecule has 1 heterocycles. The molecule has 4 N–H and O–H groups in total. The lowest BCUT2D eigenvalue weighted by atomic mass is 10.0. The summed E-state index contributed by atoms with van der Waals surface area (Å²) in [4.78, 5) is 27.9. The van der Waals surface area contributed by atoms with Crippen LogP contribution in [0.25, 0.3) is 22.0 Å². The van der Waals surface area contributed by atoms with Gasteiger partial charge in [0.05, 0.1) is 24.8 Å². The molecule has 0 saturated carbocycles. The van der Waals surface area contributed by atoms with Crippen molar-refractivity contribution in [3.63, 3.8) is 0 Å². The molecule has 4 rings (SSSR count). The van der Waals surface area contributed by atoms with E-state index in [0.717, 1.165) is 34.0 Å². The number of para-hydroxylation sites is 1. The number of amides is 2. The summed E-state index contributed by atoms with van der Waals surface area (Å²) in [7, 11) is 0. The van der Waals surface area contributed by atoms with E-state index in [4.69, 9.17) is 4.74 Å². The molecule has 0 aliphatic rings. The Labute approximate surface area is 212 Å². The average molecular weight is 488 g/mol. The van der Waals surface area contributed by atoms with Crippen molar-refractivity contribution in [2.24, 2.45) is 0 Å². The summed E-state index contributed by atoms with van der Waals surface area (Å²) < 4.78 is 5.86. The van der Waals surface area contributed by atoms with Crippen LogP contribution in [-0.4, -0.2) is 41.2 Å². The number of hydrogen-bond donors (Lipinski definition) is 4. The first-order valence-electron chi connectivity index (χ1n) is 12.1. The van der Waals surface area contributed by atoms with Gasteiger partial charge in [-0.05, 0) is 59.9 Å². The van der Waals surface area contributed by atoms with Gasteiger partial charge in [-0.2, -0.15) is 0 Å². The first-order valence-corrected chi connectivity index (χ1v) is 12.1. The summed E-state index contributed by atoms with van der Waals surface area (Å²) >= 11 is 0. The largest absolute Gasteiger partial charge is 0.493 e. The molecule has 0 aliphatic carbocycles. The third-order valence-electron chi connectivity index (χ3n) is 5.92. The van der Waals surface area contributed by atoms with E-state index < -0.39 is 6.04 Å². The van der Waals surface area contributed by atoms with Crippen LogP contribution in [0.1, 0.15) is 37.6 Å². The Kier molecular flexibility index (Phi) is 8.02. The summed E-state index contributed by atoms with van der Waals surface area (Å²) in [5.41, 5.74) is 4.90. The van der Waals surface area contributed by atoms with Gasteiger partial charge in [0.15, 0.2) is 0 Å². The van der Waals surface area contributed by atoms with Gasteiger partial charge in [-0.15, -0.1) is 0 Å². The van der Waals surface area contributed by atoms with Crippen LogP contribution in [0.5, 0.6) is 5.75 Å². The van der Waals surface area contributed by atoms with E-state index >= 15 is 0 Å². The molecular weight excluding hydrogens is 454 g/mol. The first kappa shape index (κ1) is 25.0. The number of aliphatic hydroxyl groups is 1. The predicted octanol–water partition coefficient (Wildman–Crippen LogP) is 5.16. The number of aromatic nitrogens is 1. The van der Waals surface area contributed by atoms with Gasteiger partial charge < -0.3 is 25.5 Å². The SMILES string of the molecule is CCCOc1ccc(-c2ccc(NC(C)=O)cc2)cc1C(=O)N[C@H](CO)Cc1c[nH]c2ccccc12.[HH]. The van der Waals surface area contributed by atoms with Crippen LogP contribution >= 0.6 is 0 Å². The van der Waals surface area contributed by atoms with Crippen LogP contribution < -0.4 is 15.4 Å². The number of carbonyl (C=O) groups is 2. The van der Waals surface area contributed by atoms with Crippen LogP contribution in [0, 0.1) is 0 Å². The number of hydrogen-bond acceptors (Lipinski definition) is 4. The molecule has 0 saturated heterocycles. The topological polar surface area (TPSA) is 103 Å². The maximum absolute atomic E-state index is 13.4. The van der Waals surface area contributed by atoms with Crippen molar-refractivity contribution in [2.75, 3.05) is 18.5 Å². The molecule has 7 nitrogen and oxygen atoms in total. The van der Waals surface area contributed by atoms with Gasteiger partial charge >= 0.3 is 0 Å². The van der Waals surface area contributed by atoms with Crippen molar-refractivity contribution in [1.82, 2.24) is 10.3 Å². The van der Waals surface area contributed by atoms with Gasteiger partial charge in [-0.1, -0.05) is 43.3 Å². The molecule has 7 heteroatoms. The summed E-state index contributed by atoms with van der Waals surface area (Å²) in [6.07, 6.45) is 3.22. The monoisotopic (exact) mass is 487 g/mol. The first-order chi connectivity index (χ1) is 17.5. The average Bonchev–Trinajstić information content (AvgIpc) is 3.29. The lowest BCUT2D eigenvalue weighted by Gasteiger charge is -2.18. The van der Waals surface area contributed by atoms with Crippen molar-refractivity contribution in [3.05, 3.63) is 84.1 Å². The maximum Gasteiger partial charge on any atom is 0.255 e. The number of aliphatic hydroxyl groups excluding tert-OH is 1. The Balaban J connectivity index is 0.00000380. The highest BCUT2D eigenvalue weighted by Crippen LogP contribution is 2.28. The lowest BCUT2D eigenvalue weighted by molar-refractivity contribution is -0.114. The fraction of sp³-hybridized carbons (Fsp3) is 0.241. The van der Waals surface area contributed by atoms with E-state index in [-0.39, 0.29) is 19.8 Å². The number of H-pyrrole nitrogens is 1. The second kappa shape index (κ2) is 11.6. The molecular formula is C29H33N3O4. The van der Waals surface area contributed by atoms with Gasteiger partial charge in [0, 0.05) is 31.1 Å². The highest BCUT2D eigenvalue weighted by atomic mass is 16.5. The summed E-state index contributed by atoms with van der Waals surface area (Å²) in [6.45, 7) is 3.77. The number of anilines is 1. The fourth-order valence-electron chi connectivity index (χ4n) is 4.16. The normalized spacial score (nSPS) is 11.8. The van der Waals surface area contributed by atoms with Crippen molar-refractivity contribution < 1.29 is 20.9 Å². The molecule has 3 aromatic carbocycles. The van der Waals surface area contributed by atoms with E-state index in [2.05, 4.69) is 15.6 Å². The van der Waals surface area contributed by atoms with Crippen molar-refractivity contribution in [1.29, 1.82) is 0 Å². The lowest BCUT2D eigenvalue weighted by Crippen LogP contribution is -2.39. The summed E-state index contributed by atoms with van der Waals surface area (Å²) in [5.74, 6) is 0.0543. The molecule has 1 aromatic heterocycles. The third-order valence-corrected chi connectivity index (χ3v) is 5.92. The van der Waals surface area contributed by atoms with E-state index in [9.17, 15) is 14.7 Å². The molecule has 4 aromatic rings. The van der Waals surface area contributed by atoms with E-state index in [1.54, 1.807) is 12.1 Å². The zero-order valence-electron chi connectivity index (χ0n) is 20.5.